The van der Waals surface area contributed by atoms with Crippen LogP contribution in [-0.4, -0.2) is 0 Å². The molecule has 0 atom stereocenters. The quantitative estimate of drug-likeness (QED) is 0.447. The van der Waals surface area contributed by atoms with Gasteiger partial charge < -0.3 is 0 Å². The molecule has 4 fully saturated rings. The highest BCUT2D eigenvalue weighted by Gasteiger charge is 2.55. The van der Waals surface area contributed by atoms with Gasteiger partial charge in [-0.15, -0.1) is 0 Å². The minimum Gasteiger partial charge on any atom is -0.0312 e. The lowest BCUT2D eigenvalue weighted by Crippen LogP contribution is -2.36. The third kappa shape index (κ3) is 0.624. The molecule has 4 rings (SSSR count). The maximum absolute atomic E-state index is 1.90. The summed E-state index contributed by atoms with van der Waals surface area (Å²) in [5, 5.41) is 0. The molecule has 0 radical (unpaired) electrons. The molecule has 0 heteroatoms. The molecule has 0 unspecified atom stereocenters. The standard InChI is InChI=1S/C10H14/c1-7-2-9-4-8(1)5-10(3-7)6-9/h7-8H,1-6H2/q+2. The molecule has 10 heavy (non-hydrogen) atoms. The smallest absolute Gasteiger partial charge is 0.0312 e. The highest BCUT2D eigenvalue weighted by atomic mass is 14.5. The molecule has 0 spiro atoms. The van der Waals surface area contributed by atoms with Crippen LogP contribution in [0.4, 0.5) is 0 Å². The van der Waals surface area contributed by atoms with E-state index in [0.717, 1.165) is 11.8 Å². The Morgan fingerprint density at radius 3 is 1.70 bits per heavy atom. The average molecular weight is 134 g/mol. The van der Waals surface area contributed by atoms with Crippen molar-refractivity contribution < 1.29 is 0 Å². The zero-order chi connectivity index (χ0) is 6.55. The Labute approximate surface area is 63.0 Å². The van der Waals surface area contributed by atoms with E-state index in [-0.39, 0.29) is 0 Å². The van der Waals surface area contributed by atoms with Crippen LogP contribution in [-0.2, 0) is 0 Å². The summed E-state index contributed by atoms with van der Waals surface area (Å²) in [6, 6.07) is 0. The second-order valence-corrected chi connectivity index (χ2v) is 4.46. The van der Waals surface area contributed by atoms with E-state index in [1.807, 2.05) is 11.8 Å². The van der Waals surface area contributed by atoms with E-state index < -0.39 is 0 Å². The van der Waals surface area contributed by atoms with Crippen LogP contribution in [0.5, 0.6) is 0 Å². The lowest BCUT2D eigenvalue weighted by molar-refractivity contribution is 0.174. The van der Waals surface area contributed by atoms with Crippen LogP contribution >= 0.6 is 0 Å². The van der Waals surface area contributed by atoms with Gasteiger partial charge in [-0.05, 0) is 6.42 Å². The van der Waals surface area contributed by atoms with Crippen molar-refractivity contribution in [2.24, 2.45) is 11.8 Å². The summed E-state index contributed by atoms with van der Waals surface area (Å²) in [5.74, 6) is 6.00. The fraction of sp³-hybridized carbons (Fsp3) is 0.800. The van der Waals surface area contributed by atoms with E-state index in [9.17, 15) is 0 Å². The van der Waals surface area contributed by atoms with E-state index >= 15 is 0 Å². The van der Waals surface area contributed by atoms with E-state index in [0.29, 0.717) is 0 Å². The van der Waals surface area contributed by atoms with Crippen molar-refractivity contribution >= 4 is 0 Å². The number of hydrogen-bond donors (Lipinski definition) is 0. The summed E-state index contributed by atoms with van der Waals surface area (Å²) >= 11 is 0. The van der Waals surface area contributed by atoms with E-state index in [1.165, 1.54) is 32.1 Å². The molecule has 0 amide bonds. The summed E-state index contributed by atoms with van der Waals surface area (Å²) < 4.78 is 0. The van der Waals surface area contributed by atoms with Crippen molar-refractivity contribution in [1.29, 1.82) is 0 Å². The minimum atomic E-state index is 1.10. The first-order chi connectivity index (χ1) is 4.90. The second kappa shape index (κ2) is 1.66. The molecule has 0 heterocycles. The molecule has 0 N–H and O–H groups in total. The monoisotopic (exact) mass is 134 g/mol. The molecule has 4 bridgehead atoms. The largest absolute Gasteiger partial charge is 0.222 e. The summed E-state index contributed by atoms with van der Waals surface area (Å²) in [6.07, 6.45) is 9.00. The predicted molar refractivity (Wildman–Crippen MR) is 41.2 cm³/mol. The summed E-state index contributed by atoms with van der Waals surface area (Å²) in [5.41, 5.74) is 0. The zero-order valence-corrected chi connectivity index (χ0v) is 6.40. The van der Waals surface area contributed by atoms with Crippen molar-refractivity contribution in [1.82, 2.24) is 0 Å². The SMILES string of the molecule is C1[C+]2CC3C[C+]1CC(C2)C3. The van der Waals surface area contributed by atoms with E-state index in [2.05, 4.69) is 0 Å². The average Bonchev–Trinajstić information content (AvgIpc) is 1.82. The van der Waals surface area contributed by atoms with Gasteiger partial charge in [0.1, 0.15) is 37.5 Å². The molecule has 0 aromatic rings. The first-order valence-electron chi connectivity index (χ1n) is 4.57. The van der Waals surface area contributed by atoms with Crippen LogP contribution in [0, 0.1) is 23.7 Å². The molecule has 0 aliphatic heterocycles. The van der Waals surface area contributed by atoms with Crippen molar-refractivity contribution in [3.63, 3.8) is 0 Å². The van der Waals surface area contributed by atoms with Crippen molar-refractivity contribution in [2.45, 2.75) is 38.5 Å². The molecule has 4 aliphatic rings. The van der Waals surface area contributed by atoms with Crippen molar-refractivity contribution in [3.8, 4) is 0 Å². The molecular formula is C10H14+2. The fourth-order valence-corrected chi connectivity index (χ4v) is 3.39. The maximum Gasteiger partial charge on any atom is 0.222 e. The van der Waals surface area contributed by atoms with Crippen LogP contribution in [0.15, 0.2) is 0 Å². The van der Waals surface area contributed by atoms with Gasteiger partial charge in [0.05, 0.1) is 0 Å². The lowest BCUT2D eigenvalue weighted by Gasteiger charge is -2.36. The Bertz CT molecular complexity index is 91.6. The van der Waals surface area contributed by atoms with Crippen molar-refractivity contribution in [3.05, 3.63) is 11.8 Å². The lowest BCUT2D eigenvalue weighted by atomic mass is 9.56. The second-order valence-electron chi connectivity index (χ2n) is 4.46. The van der Waals surface area contributed by atoms with Crippen LogP contribution < -0.4 is 0 Å². The van der Waals surface area contributed by atoms with Gasteiger partial charge in [0, 0.05) is 11.8 Å². The van der Waals surface area contributed by atoms with Crippen LogP contribution in [0.3, 0.4) is 0 Å². The minimum absolute atomic E-state index is 1.10. The van der Waals surface area contributed by atoms with Crippen LogP contribution in [0.1, 0.15) is 38.5 Å². The summed E-state index contributed by atoms with van der Waals surface area (Å²) in [6.45, 7) is 0. The van der Waals surface area contributed by atoms with Gasteiger partial charge in [-0.1, -0.05) is 0 Å². The van der Waals surface area contributed by atoms with Crippen molar-refractivity contribution in [2.75, 3.05) is 0 Å². The predicted octanol–water partition coefficient (Wildman–Crippen LogP) is 2.75. The third-order valence-electron chi connectivity index (χ3n) is 3.48. The first kappa shape index (κ1) is 5.40. The fourth-order valence-electron chi connectivity index (χ4n) is 3.39. The molecule has 0 aromatic heterocycles. The Balaban J connectivity index is 1.90. The summed E-state index contributed by atoms with van der Waals surface area (Å²) in [7, 11) is 0. The topological polar surface area (TPSA) is 0 Å². The van der Waals surface area contributed by atoms with Gasteiger partial charge in [-0.2, -0.15) is 0 Å². The van der Waals surface area contributed by atoms with E-state index in [1.54, 1.807) is 6.42 Å². The van der Waals surface area contributed by atoms with Gasteiger partial charge in [0.15, 0.2) is 0 Å². The molecule has 52 valence electrons. The van der Waals surface area contributed by atoms with E-state index in [4.69, 9.17) is 0 Å². The molecule has 0 saturated heterocycles. The Kier molecular flexibility index (Phi) is 0.898. The molecular weight excluding hydrogens is 120 g/mol. The maximum atomic E-state index is 1.90. The van der Waals surface area contributed by atoms with Gasteiger partial charge in [-0.3, -0.25) is 0 Å². The number of hydrogen-bond acceptors (Lipinski definition) is 0. The normalized spacial score (nSPS) is 43.2. The summed E-state index contributed by atoms with van der Waals surface area (Å²) in [4.78, 5) is 0. The highest BCUT2D eigenvalue weighted by molar-refractivity contribution is 5.19. The first-order valence-corrected chi connectivity index (χ1v) is 4.57. The van der Waals surface area contributed by atoms with Gasteiger partial charge in [-0.25, -0.2) is 0 Å². The van der Waals surface area contributed by atoms with Gasteiger partial charge >= 0.3 is 0 Å². The highest BCUT2D eigenvalue weighted by Crippen LogP contribution is 2.55. The Morgan fingerprint density at radius 1 is 0.800 bits per heavy atom. The van der Waals surface area contributed by atoms with Gasteiger partial charge in [0.25, 0.3) is 0 Å². The molecule has 0 nitrogen and oxygen atoms in total. The third-order valence-corrected chi connectivity index (χ3v) is 3.48. The van der Waals surface area contributed by atoms with Gasteiger partial charge in [0.2, 0.25) is 6.42 Å². The molecule has 4 aliphatic carbocycles. The molecule has 4 saturated carbocycles. The van der Waals surface area contributed by atoms with Crippen LogP contribution in [0.2, 0.25) is 0 Å². The molecule has 0 aromatic carbocycles. The van der Waals surface area contributed by atoms with Crippen LogP contribution in [0.25, 0.3) is 0 Å². The Hall–Kier alpha value is -0.260. The Morgan fingerprint density at radius 2 is 1.30 bits per heavy atom. The zero-order valence-electron chi connectivity index (χ0n) is 6.40. The number of rotatable bonds is 0.